The van der Waals surface area contributed by atoms with Gasteiger partial charge in [0, 0.05) is 19.3 Å². The van der Waals surface area contributed by atoms with E-state index in [1.165, 1.54) is 24.8 Å². The Bertz CT molecular complexity index is 554. The Morgan fingerprint density at radius 1 is 1.23 bits per heavy atom. The van der Waals surface area contributed by atoms with E-state index in [0.717, 1.165) is 6.42 Å². The van der Waals surface area contributed by atoms with Gasteiger partial charge in [0.2, 0.25) is 0 Å². The van der Waals surface area contributed by atoms with Crippen LogP contribution in [0.5, 0.6) is 0 Å². The third-order valence-electron chi connectivity index (χ3n) is 4.66. The van der Waals surface area contributed by atoms with E-state index in [1.54, 1.807) is 4.90 Å². The molecule has 1 unspecified atom stereocenters. The van der Waals surface area contributed by atoms with Crippen molar-refractivity contribution < 1.29 is 14.7 Å². The lowest BCUT2D eigenvalue weighted by Crippen LogP contribution is -2.44. The lowest BCUT2D eigenvalue weighted by molar-refractivity contribution is -0.143. The number of nitrogens with one attached hydrogen (secondary N) is 1. The van der Waals surface area contributed by atoms with Gasteiger partial charge in [-0.15, -0.1) is 0 Å². The number of carboxylic acid groups (broad SMARTS) is 1. The summed E-state index contributed by atoms with van der Waals surface area (Å²) in [6.45, 7) is 0.858. The summed E-state index contributed by atoms with van der Waals surface area (Å²) in [5, 5.41) is 11.8. The predicted molar refractivity (Wildman–Crippen MR) is 81.8 cm³/mol. The molecule has 1 aromatic rings. The highest BCUT2D eigenvalue weighted by molar-refractivity contribution is 5.88. The smallest absolute Gasteiger partial charge is 0.323 e. The number of carbonyl (C=O) groups is 2. The molecule has 6 nitrogen and oxygen atoms in total. The number of pyridine rings is 1. The Hall–Kier alpha value is -2.11. The Morgan fingerprint density at radius 2 is 2.05 bits per heavy atom. The molecule has 2 amide bonds. The fourth-order valence-corrected chi connectivity index (χ4v) is 3.01. The van der Waals surface area contributed by atoms with Crippen LogP contribution in [0.4, 0.5) is 10.6 Å². The average Bonchev–Trinajstić information content (AvgIpc) is 2.47. The Kier molecular flexibility index (Phi) is 4.27. The van der Waals surface area contributed by atoms with Gasteiger partial charge in [0.1, 0.15) is 5.82 Å². The van der Waals surface area contributed by atoms with Crippen LogP contribution in [0.1, 0.15) is 43.6 Å². The number of anilines is 1. The number of carboxylic acids is 1. The summed E-state index contributed by atoms with van der Waals surface area (Å²) in [7, 11) is 0. The Balaban J connectivity index is 1.57. The van der Waals surface area contributed by atoms with Crippen LogP contribution in [0.25, 0.3) is 0 Å². The number of aliphatic carboxylic acids is 1. The third kappa shape index (κ3) is 3.21. The predicted octanol–water partition coefficient (Wildman–Crippen LogP) is 2.68. The Labute approximate surface area is 129 Å². The largest absolute Gasteiger partial charge is 0.481 e. The maximum Gasteiger partial charge on any atom is 0.323 e. The first-order valence-corrected chi connectivity index (χ1v) is 7.88. The topological polar surface area (TPSA) is 82.5 Å². The second kappa shape index (κ2) is 6.34. The molecule has 1 atom stereocenters. The summed E-state index contributed by atoms with van der Waals surface area (Å²) in [6, 6.07) is 3.57. The highest BCUT2D eigenvalue weighted by atomic mass is 16.4. The fraction of sp³-hybridized carbons (Fsp3) is 0.562. The molecule has 1 aromatic heterocycles. The monoisotopic (exact) mass is 303 g/mol. The van der Waals surface area contributed by atoms with Crippen LogP contribution in [-0.4, -0.2) is 40.1 Å². The van der Waals surface area contributed by atoms with Gasteiger partial charge in [-0.05, 0) is 43.2 Å². The van der Waals surface area contributed by atoms with Crippen molar-refractivity contribution in [3.8, 4) is 0 Å². The first-order valence-electron chi connectivity index (χ1n) is 7.88. The molecule has 1 saturated heterocycles. The normalized spacial score (nSPS) is 22.0. The molecule has 2 fully saturated rings. The number of hydrogen-bond acceptors (Lipinski definition) is 3. The zero-order valence-electron chi connectivity index (χ0n) is 12.5. The molecule has 0 radical (unpaired) electrons. The highest BCUT2D eigenvalue weighted by Gasteiger charge is 2.28. The second-order valence-corrected chi connectivity index (χ2v) is 6.16. The molecule has 6 heteroatoms. The van der Waals surface area contributed by atoms with Gasteiger partial charge < -0.3 is 10.0 Å². The molecule has 2 N–H and O–H groups in total. The van der Waals surface area contributed by atoms with Crippen LogP contribution >= 0.6 is 0 Å². The van der Waals surface area contributed by atoms with E-state index in [2.05, 4.69) is 10.3 Å². The molecule has 22 heavy (non-hydrogen) atoms. The second-order valence-electron chi connectivity index (χ2n) is 6.16. The maximum atomic E-state index is 12.2. The van der Waals surface area contributed by atoms with Crippen LogP contribution in [0.3, 0.4) is 0 Å². The highest BCUT2D eigenvalue weighted by Crippen LogP contribution is 2.36. The van der Waals surface area contributed by atoms with Crippen molar-refractivity contribution in [2.75, 3.05) is 18.4 Å². The first-order chi connectivity index (χ1) is 10.6. The van der Waals surface area contributed by atoms with Crippen molar-refractivity contribution in [3.05, 3.63) is 23.9 Å². The first kappa shape index (κ1) is 14.8. The van der Waals surface area contributed by atoms with Gasteiger partial charge in [-0.1, -0.05) is 12.5 Å². The number of urea groups is 1. The van der Waals surface area contributed by atoms with E-state index in [-0.39, 0.29) is 12.6 Å². The molecule has 0 bridgehead atoms. The number of likely N-dealkylation sites (tertiary alicyclic amines) is 1. The van der Waals surface area contributed by atoms with Gasteiger partial charge >= 0.3 is 12.0 Å². The average molecular weight is 303 g/mol. The molecular formula is C16H21N3O3. The molecule has 1 aliphatic heterocycles. The summed E-state index contributed by atoms with van der Waals surface area (Å²) in [4.78, 5) is 29.1. The maximum absolute atomic E-state index is 12.2. The fourth-order valence-electron chi connectivity index (χ4n) is 3.01. The molecule has 1 saturated carbocycles. The van der Waals surface area contributed by atoms with Crippen LogP contribution in [0, 0.1) is 5.92 Å². The Morgan fingerprint density at radius 3 is 2.64 bits per heavy atom. The van der Waals surface area contributed by atoms with Crippen molar-refractivity contribution in [3.63, 3.8) is 0 Å². The van der Waals surface area contributed by atoms with Gasteiger partial charge in [-0.3, -0.25) is 10.1 Å². The van der Waals surface area contributed by atoms with Crippen LogP contribution in [-0.2, 0) is 4.79 Å². The van der Waals surface area contributed by atoms with Crippen LogP contribution in [0.15, 0.2) is 18.3 Å². The zero-order chi connectivity index (χ0) is 15.5. The molecule has 0 aromatic carbocycles. The molecule has 2 heterocycles. The minimum Gasteiger partial charge on any atom is -0.481 e. The van der Waals surface area contributed by atoms with Gasteiger partial charge in [-0.2, -0.15) is 0 Å². The minimum atomic E-state index is -0.833. The number of carbonyl (C=O) groups excluding carboxylic acids is 1. The number of aromatic nitrogens is 1. The summed E-state index contributed by atoms with van der Waals surface area (Å²) in [5.41, 5.74) is 1.23. The summed E-state index contributed by atoms with van der Waals surface area (Å²) >= 11 is 0. The van der Waals surface area contributed by atoms with E-state index < -0.39 is 11.9 Å². The molecule has 3 rings (SSSR count). The summed E-state index contributed by atoms with van der Waals surface area (Å²) in [6.07, 6.45) is 6.90. The third-order valence-corrected chi connectivity index (χ3v) is 4.66. The van der Waals surface area contributed by atoms with Crippen molar-refractivity contribution in [1.82, 2.24) is 9.88 Å². The number of nitrogens with zero attached hydrogens (tertiary/aromatic N) is 2. The van der Waals surface area contributed by atoms with Gasteiger partial charge in [-0.25, -0.2) is 9.78 Å². The van der Waals surface area contributed by atoms with E-state index in [9.17, 15) is 9.59 Å². The van der Waals surface area contributed by atoms with E-state index >= 15 is 0 Å². The van der Waals surface area contributed by atoms with Crippen LogP contribution < -0.4 is 5.32 Å². The van der Waals surface area contributed by atoms with Gasteiger partial charge in [0.25, 0.3) is 0 Å². The van der Waals surface area contributed by atoms with E-state index in [1.807, 2.05) is 18.3 Å². The summed E-state index contributed by atoms with van der Waals surface area (Å²) < 4.78 is 0. The number of piperidine rings is 1. The van der Waals surface area contributed by atoms with Crippen molar-refractivity contribution >= 4 is 17.8 Å². The number of amides is 2. The SMILES string of the molecule is O=C(O)C1CCCN(C(=O)Nc2ccc(C3CCC3)cn2)C1. The lowest BCUT2D eigenvalue weighted by Gasteiger charge is -2.30. The quantitative estimate of drug-likeness (QED) is 0.899. The standard InChI is InChI=1S/C16H21N3O3/c20-15(21)13-5-2-8-19(10-13)16(22)18-14-7-6-12(9-17-14)11-3-1-4-11/h6-7,9,11,13H,1-5,8,10H2,(H,20,21)(H,17,18,22). The van der Waals surface area contributed by atoms with E-state index in [0.29, 0.717) is 24.7 Å². The van der Waals surface area contributed by atoms with Crippen molar-refractivity contribution in [2.45, 2.75) is 38.0 Å². The van der Waals surface area contributed by atoms with E-state index in [4.69, 9.17) is 5.11 Å². The number of hydrogen-bond donors (Lipinski definition) is 2. The molecule has 118 valence electrons. The molecule has 0 spiro atoms. The van der Waals surface area contributed by atoms with Crippen molar-refractivity contribution in [1.29, 1.82) is 0 Å². The van der Waals surface area contributed by atoms with Crippen molar-refractivity contribution in [2.24, 2.45) is 5.92 Å². The molecular weight excluding hydrogens is 282 g/mol. The van der Waals surface area contributed by atoms with Crippen LogP contribution in [0.2, 0.25) is 0 Å². The lowest BCUT2D eigenvalue weighted by atomic mass is 9.81. The molecule has 2 aliphatic rings. The molecule has 1 aliphatic carbocycles. The number of rotatable bonds is 3. The minimum absolute atomic E-state index is 0.265. The zero-order valence-corrected chi connectivity index (χ0v) is 12.5. The summed E-state index contributed by atoms with van der Waals surface area (Å²) in [5.74, 6) is -0.157. The van der Waals surface area contributed by atoms with Gasteiger partial charge in [0.15, 0.2) is 0 Å². The van der Waals surface area contributed by atoms with Gasteiger partial charge in [0.05, 0.1) is 5.92 Å².